The highest BCUT2D eigenvalue weighted by atomic mass is 35.5. The Hall–Kier alpha value is -2.71. The highest BCUT2D eigenvalue weighted by molar-refractivity contribution is 6.31. The zero-order valence-corrected chi connectivity index (χ0v) is 13.3. The first-order valence-electron chi connectivity index (χ1n) is 6.82. The summed E-state index contributed by atoms with van der Waals surface area (Å²) in [5.41, 5.74) is 6.71. The molecule has 6 heteroatoms. The second-order valence-electron chi connectivity index (χ2n) is 4.80. The molecular formula is C17H15ClN2O3. The maximum atomic E-state index is 12.4. The van der Waals surface area contributed by atoms with Gasteiger partial charge in [0.1, 0.15) is 24.0 Å². The van der Waals surface area contributed by atoms with Gasteiger partial charge in [-0.1, -0.05) is 42.5 Å². The van der Waals surface area contributed by atoms with Crippen LogP contribution in [0.3, 0.4) is 0 Å². The number of benzene rings is 1. The molecule has 1 aliphatic rings. The number of halogens is 1. The number of nitrogens with two attached hydrogens (primary N) is 1. The zero-order chi connectivity index (χ0) is 17.0. The third kappa shape index (κ3) is 3.22. The van der Waals surface area contributed by atoms with E-state index in [1.807, 2.05) is 6.07 Å². The van der Waals surface area contributed by atoms with Gasteiger partial charge in [-0.05, 0) is 18.6 Å². The maximum Gasteiger partial charge on any atom is 0.338 e. The van der Waals surface area contributed by atoms with Crippen molar-refractivity contribution in [2.45, 2.75) is 12.8 Å². The van der Waals surface area contributed by atoms with E-state index in [-0.39, 0.29) is 29.4 Å². The summed E-state index contributed by atoms with van der Waals surface area (Å²) in [6.45, 7) is 5.14. The molecule has 0 saturated heterocycles. The lowest BCUT2D eigenvalue weighted by Crippen LogP contribution is -2.25. The average molecular weight is 331 g/mol. The van der Waals surface area contributed by atoms with Crippen molar-refractivity contribution in [1.82, 2.24) is 0 Å². The van der Waals surface area contributed by atoms with Crippen molar-refractivity contribution in [2.75, 3.05) is 6.61 Å². The molecule has 0 unspecified atom stereocenters. The van der Waals surface area contributed by atoms with E-state index in [0.29, 0.717) is 10.6 Å². The Morgan fingerprint density at radius 1 is 1.57 bits per heavy atom. The van der Waals surface area contributed by atoms with Crippen LogP contribution in [0.15, 0.2) is 59.7 Å². The molecule has 1 aromatic carbocycles. The minimum atomic E-state index is -0.736. The Bertz CT molecular complexity index is 759. The van der Waals surface area contributed by atoms with Crippen LogP contribution >= 0.6 is 11.6 Å². The van der Waals surface area contributed by atoms with Gasteiger partial charge in [-0.15, -0.1) is 0 Å². The SMILES string of the molecule is C=CCOC(=O)C1=C(C)OC(N)=C(C#N)[C@@H]1c1ccccc1Cl. The van der Waals surface area contributed by atoms with Crippen LogP contribution in [0.5, 0.6) is 0 Å². The summed E-state index contributed by atoms with van der Waals surface area (Å²) in [7, 11) is 0. The van der Waals surface area contributed by atoms with E-state index in [4.69, 9.17) is 26.8 Å². The predicted molar refractivity (Wildman–Crippen MR) is 86.0 cm³/mol. The van der Waals surface area contributed by atoms with Gasteiger partial charge in [-0.25, -0.2) is 4.79 Å². The van der Waals surface area contributed by atoms with Gasteiger partial charge in [-0.3, -0.25) is 0 Å². The van der Waals surface area contributed by atoms with Gasteiger partial charge in [0, 0.05) is 5.02 Å². The quantitative estimate of drug-likeness (QED) is 0.677. The summed E-state index contributed by atoms with van der Waals surface area (Å²) in [5.74, 6) is -1.11. The number of carbonyl (C=O) groups excluding carboxylic acids is 1. The van der Waals surface area contributed by atoms with E-state index < -0.39 is 11.9 Å². The van der Waals surface area contributed by atoms with Gasteiger partial charge in [-0.2, -0.15) is 5.26 Å². The van der Waals surface area contributed by atoms with Crippen molar-refractivity contribution in [3.63, 3.8) is 0 Å². The summed E-state index contributed by atoms with van der Waals surface area (Å²) >= 11 is 6.25. The van der Waals surface area contributed by atoms with E-state index >= 15 is 0 Å². The monoisotopic (exact) mass is 330 g/mol. The summed E-state index contributed by atoms with van der Waals surface area (Å²) in [6.07, 6.45) is 1.46. The molecule has 2 rings (SSSR count). The minimum absolute atomic E-state index is 0.0461. The molecule has 118 valence electrons. The van der Waals surface area contributed by atoms with Crippen LogP contribution in [0.4, 0.5) is 0 Å². The molecule has 0 spiro atoms. The van der Waals surface area contributed by atoms with E-state index in [2.05, 4.69) is 6.58 Å². The third-order valence-corrected chi connectivity index (χ3v) is 3.72. The molecule has 0 bridgehead atoms. The van der Waals surface area contributed by atoms with Crippen molar-refractivity contribution >= 4 is 17.6 Å². The van der Waals surface area contributed by atoms with Gasteiger partial charge in [0.2, 0.25) is 5.88 Å². The zero-order valence-electron chi connectivity index (χ0n) is 12.5. The summed E-state index contributed by atoms with van der Waals surface area (Å²) in [6, 6.07) is 8.94. The van der Waals surface area contributed by atoms with Crippen LogP contribution in [0.1, 0.15) is 18.4 Å². The molecule has 1 aliphatic heterocycles. The van der Waals surface area contributed by atoms with Crippen molar-refractivity contribution in [2.24, 2.45) is 5.73 Å². The van der Waals surface area contributed by atoms with Gasteiger partial charge >= 0.3 is 5.97 Å². The Morgan fingerprint density at radius 2 is 2.26 bits per heavy atom. The second-order valence-corrected chi connectivity index (χ2v) is 5.21. The van der Waals surface area contributed by atoms with E-state index in [9.17, 15) is 10.1 Å². The first kappa shape index (κ1) is 16.7. The standard InChI is InChI=1S/C17H15ClN2O3/c1-3-8-22-17(21)14-10(2)23-16(20)12(9-19)15(14)11-6-4-5-7-13(11)18/h3-7,15H,1,8,20H2,2H3/t15-/m0/s1. The van der Waals surface area contributed by atoms with Crippen LogP contribution in [0, 0.1) is 11.3 Å². The Balaban J connectivity index is 2.60. The number of esters is 1. The number of allylic oxidation sites excluding steroid dienone is 2. The topological polar surface area (TPSA) is 85.3 Å². The van der Waals surface area contributed by atoms with Gasteiger partial charge in [0.05, 0.1) is 11.5 Å². The molecule has 5 nitrogen and oxygen atoms in total. The van der Waals surface area contributed by atoms with Crippen LogP contribution in [0.25, 0.3) is 0 Å². The van der Waals surface area contributed by atoms with Crippen LogP contribution in [-0.2, 0) is 14.3 Å². The number of hydrogen-bond acceptors (Lipinski definition) is 5. The molecule has 1 aromatic rings. The average Bonchev–Trinajstić information content (AvgIpc) is 2.52. The van der Waals surface area contributed by atoms with Crippen molar-refractivity contribution in [1.29, 1.82) is 5.26 Å². The molecule has 1 heterocycles. The van der Waals surface area contributed by atoms with Crippen LogP contribution < -0.4 is 5.73 Å². The van der Waals surface area contributed by atoms with Gasteiger partial charge < -0.3 is 15.2 Å². The first-order chi connectivity index (χ1) is 11.0. The lowest BCUT2D eigenvalue weighted by molar-refractivity contribution is -0.138. The van der Waals surface area contributed by atoms with Gasteiger partial charge in [0.25, 0.3) is 0 Å². The minimum Gasteiger partial charge on any atom is -0.458 e. The number of hydrogen-bond donors (Lipinski definition) is 1. The normalized spacial score (nSPS) is 17.3. The number of ether oxygens (including phenoxy) is 2. The lowest BCUT2D eigenvalue weighted by Gasteiger charge is -2.27. The molecule has 2 N–H and O–H groups in total. The summed E-state index contributed by atoms with van der Waals surface area (Å²) in [5, 5.41) is 9.86. The summed E-state index contributed by atoms with van der Waals surface area (Å²) in [4.78, 5) is 12.4. The molecular weight excluding hydrogens is 316 g/mol. The van der Waals surface area contributed by atoms with E-state index in [1.165, 1.54) is 6.08 Å². The van der Waals surface area contributed by atoms with Crippen molar-refractivity contribution in [3.8, 4) is 6.07 Å². The molecule has 23 heavy (non-hydrogen) atoms. The molecule has 0 saturated carbocycles. The van der Waals surface area contributed by atoms with E-state index in [0.717, 1.165) is 0 Å². The fourth-order valence-electron chi connectivity index (χ4n) is 2.38. The van der Waals surface area contributed by atoms with Crippen molar-refractivity contribution < 1.29 is 14.3 Å². The molecule has 0 radical (unpaired) electrons. The maximum absolute atomic E-state index is 12.4. The molecule has 0 aliphatic carbocycles. The second kappa shape index (κ2) is 7.03. The van der Waals surface area contributed by atoms with Crippen molar-refractivity contribution in [3.05, 3.63) is 70.3 Å². The fraction of sp³-hybridized carbons (Fsp3) is 0.176. The first-order valence-corrected chi connectivity index (χ1v) is 7.19. The molecule has 0 amide bonds. The molecule has 1 atom stereocenters. The number of rotatable bonds is 4. The van der Waals surface area contributed by atoms with Gasteiger partial charge in [0.15, 0.2) is 0 Å². The Labute approximate surface area is 139 Å². The fourth-order valence-corrected chi connectivity index (χ4v) is 2.62. The largest absolute Gasteiger partial charge is 0.458 e. The molecule has 0 fully saturated rings. The predicted octanol–water partition coefficient (Wildman–Crippen LogP) is 3.15. The number of nitriles is 1. The number of carbonyl (C=O) groups is 1. The van der Waals surface area contributed by atoms with Crippen LogP contribution in [-0.4, -0.2) is 12.6 Å². The Kier molecular flexibility index (Phi) is 5.09. The summed E-state index contributed by atoms with van der Waals surface area (Å²) < 4.78 is 10.4. The van der Waals surface area contributed by atoms with Crippen LogP contribution in [0.2, 0.25) is 5.02 Å². The lowest BCUT2D eigenvalue weighted by atomic mass is 9.83. The smallest absolute Gasteiger partial charge is 0.338 e. The van der Waals surface area contributed by atoms with E-state index in [1.54, 1.807) is 31.2 Å². The highest BCUT2D eigenvalue weighted by Crippen LogP contribution is 2.41. The Morgan fingerprint density at radius 3 is 2.87 bits per heavy atom. The molecule has 0 aromatic heterocycles. The third-order valence-electron chi connectivity index (χ3n) is 3.37. The highest BCUT2D eigenvalue weighted by Gasteiger charge is 2.37. The number of nitrogens with zero attached hydrogens (tertiary/aromatic N) is 1.